The van der Waals surface area contributed by atoms with Gasteiger partial charge in [-0.2, -0.15) is 4.98 Å². The Bertz CT molecular complexity index is 533. The van der Waals surface area contributed by atoms with Gasteiger partial charge in [0, 0.05) is 6.07 Å². The number of halogens is 1. The average molecular weight is 234 g/mol. The number of nitrogens with two attached hydrogens (primary N) is 1. The molecule has 0 fully saturated rings. The average Bonchev–Trinajstić information content (AvgIpc) is 2.34. The summed E-state index contributed by atoms with van der Waals surface area (Å²) in [6, 6.07) is 4.57. The maximum atomic E-state index is 13.3. The minimum Gasteiger partial charge on any atom is -0.437 e. The predicted molar refractivity (Wildman–Crippen MR) is 61.1 cm³/mol. The summed E-state index contributed by atoms with van der Waals surface area (Å²) in [4.78, 5) is 7.86. The van der Waals surface area contributed by atoms with Crippen LogP contribution in [0.4, 0.5) is 10.2 Å². The third-order valence-electron chi connectivity index (χ3n) is 2.13. The fourth-order valence-electron chi connectivity index (χ4n) is 1.22. The van der Waals surface area contributed by atoms with E-state index in [0.717, 1.165) is 0 Å². The zero-order valence-electron chi connectivity index (χ0n) is 9.14. The number of nitrogens with zero attached hydrogens (tertiary/aromatic N) is 2. The summed E-state index contributed by atoms with van der Waals surface area (Å²) in [5.74, 6) is 5.83. The van der Waals surface area contributed by atoms with Crippen LogP contribution in [0.3, 0.4) is 0 Å². The molecular weight excluding hydrogens is 223 g/mol. The number of hydrazine groups is 1. The smallest absolute Gasteiger partial charge is 0.239 e. The Balaban J connectivity index is 2.22. The molecule has 0 saturated heterocycles. The molecule has 17 heavy (non-hydrogen) atoms. The summed E-state index contributed by atoms with van der Waals surface area (Å²) in [5.41, 5.74) is 2.90. The van der Waals surface area contributed by atoms with Crippen molar-refractivity contribution in [2.24, 2.45) is 5.84 Å². The first-order chi connectivity index (χ1) is 8.19. The summed E-state index contributed by atoms with van der Waals surface area (Å²) in [6.45, 7) is 1.68. The van der Waals surface area contributed by atoms with Gasteiger partial charge in [-0.05, 0) is 18.6 Å². The van der Waals surface area contributed by atoms with Crippen molar-refractivity contribution in [3.63, 3.8) is 0 Å². The molecule has 2 aromatic rings. The van der Waals surface area contributed by atoms with E-state index in [1.165, 1.54) is 18.5 Å². The highest BCUT2D eigenvalue weighted by Gasteiger charge is 2.03. The van der Waals surface area contributed by atoms with Crippen LogP contribution >= 0.6 is 0 Å². The number of hydrogen-bond donors (Lipinski definition) is 2. The minimum absolute atomic E-state index is 0.240. The van der Waals surface area contributed by atoms with Crippen LogP contribution in [-0.2, 0) is 0 Å². The van der Waals surface area contributed by atoms with Gasteiger partial charge in [0.2, 0.25) is 5.88 Å². The summed E-state index contributed by atoms with van der Waals surface area (Å²) in [7, 11) is 0. The molecule has 0 aliphatic rings. The Morgan fingerprint density at radius 3 is 2.88 bits per heavy atom. The van der Waals surface area contributed by atoms with Crippen molar-refractivity contribution in [2.45, 2.75) is 6.92 Å². The molecule has 0 aliphatic carbocycles. The van der Waals surface area contributed by atoms with Gasteiger partial charge in [0.25, 0.3) is 0 Å². The molecule has 0 atom stereocenters. The van der Waals surface area contributed by atoms with Crippen LogP contribution in [0.2, 0.25) is 0 Å². The lowest BCUT2D eigenvalue weighted by molar-refractivity contribution is 0.455. The minimum atomic E-state index is -0.330. The zero-order chi connectivity index (χ0) is 12.3. The van der Waals surface area contributed by atoms with E-state index in [4.69, 9.17) is 10.6 Å². The third kappa shape index (κ3) is 2.67. The van der Waals surface area contributed by atoms with Crippen LogP contribution in [0.15, 0.2) is 30.6 Å². The van der Waals surface area contributed by atoms with Crippen LogP contribution in [0.1, 0.15) is 5.56 Å². The maximum Gasteiger partial charge on any atom is 0.239 e. The van der Waals surface area contributed by atoms with Crippen LogP contribution in [0.5, 0.6) is 11.6 Å². The molecule has 2 rings (SSSR count). The molecule has 0 bridgehead atoms. The summed E-state index contributed by atoms with van der Waals surface area (Å²) < 4.78 is 18.6. The molecule has 0 aliphatic heterocycles. The monoisotopic (exact) mass is 234 g/mol. The highest BCUT2D eigenvalue weighted by molar-refractivity contribution is 5.34. The van der Waals surface area contributed by atoms with Gasteiger partial charge in [0.05, 0.1) is 12.4 Å². The van der Waals surface area contributed by atoms with Gasteiger partial charge in [-0.15, -0.1) is 0 Å². The van der Waals surface area contributed by atoms with Crippen molar-refractivity contribution in [3.8, 4) is 11.6 Å². The van der Waals surface area contributed by atoms with Crippen molar-refractivity contribution < 1.29 is 9.13 Å². The maximum absolute atomic E-state index is 13.3. The molecule has 88 valence electrons. The molecule has 0 unspecified atom stereocenters. The predicted octanol–water partition coefficient (Wildman–Crippen LogP) is 2.00. The van der Waals surface area contributed by atoms with Gasteiger partial charge in [-0.1, -0.05) is 6.07 Å². The first-order valence-electron chi connectivity index (χ1n) is 4.91. The highest BCUT2D eigenvalue weighted by Crippen LogP contribution is 2.21. The van der Waals surface area contributed by atoms with Gasteiger partial charge in [-0.3, -0.25) is 4.98 Å². The van der Waals surface area contributed by atoms with E-state index in [1.807, 2.05) is 0 Å². The lowest BCUT2D eigenvalue weighted by atomic mass is 10.2. The molecule has 0 spiro atoms. The van der Waals surface area contributed by atoms with E-state index in [2.05, 4.69) is 15.4 Å². The van der Waals surface area contributed by atoms with Crippen molar-refractivity contribution in [1.29, 1.82) is 0 Å². The SMILES string of the molecule is Cc1ccc(Oc2cncc(NN)n2)cc1F. The molecule has 0 saturated carbocycles. The number of aryl methyl sites for hydroxylation is 1. The summed E-state index contributed by atoms with van der Waals surface area (Å²) >= 11 is 0. The number of hydrogen-bond acceptors (Lipinski definition) is 5. The fourth-order valence-corrected chi connectivity index (χ4v) is 1.22. The van der Waals surface area contributed by atoms with Crippen LogP contribution < -0.4 is 16.0 Å². The first kappa shape index (κ1) is 11.3. The molecule has 1 aromatic carbocycles. The van der Waals surface area contributed by atoms with Crippen LogP contribution in [0, 0.1) is 12.7 Å². The molecular formula is C11H11FN4O. The molecule has 5 nitrogen and oxygen atoms in total. The van der Waals surface area contributed by atoms with E-state index in [0.29, 0.717) is 17.1 Å². The first-order valence-corrected chi connectivity index (χ1v) is 4.91. The zero-order valence-corrected chi connectivity index (χ0v) is 9.14. The molecule has 6 heteroatoms. The van der Waals surface area contributed by atoms with Gasteiger partial charge >= 0.3 is 0 Å². The largest absolute Gasteiger partial charge is 0.437 e. The highest BCUT2D eigenvalue weighted by atomic mass is 19.1. The molecule has 3 N–H and O–H groups in total. The summed E-state index contributed by atoms with van der Waals surface area (Å²) in [6.07, 6.45) is 2.86. The lowest BCUT2D eigenvalue weighted by Gasteiger charge is -2.06. The molecule has 1 heterocycles. The third-order valence-corrected chi connectivity index (χ3v) is 2.13. The second-order valence-corrected chi connectivity index (χ2v) is 3.40. The summed E-state index contributed by atoms with van der Waals surface area (Å²) in [5, 5.41) is 0. The number of nitrogens with one attached hydrogen (secondary N) is 1. The Hall–Kier alpha value is -2.21. The van der Waals surface area contributed by atoms with Crippen molar-refractivity contribution in [1.82, 2.24) is 9.97 Å². The Morgan fingerprint density at radius 1 is 1.35 bits per heavy atom. The number of nitrogen functional groups attached to an aromatic ring is 1. The lowest BCUT2D eigenvalue weighted by Crippen LogP contribution is -2.09. The standard InChI is InChI=1S/C11H11FN4O/c1-7-2-3-8(4-9(7)12)17-11-6-14-5-10(15-11)16-13/h2-6H,13H2,1H3,(H,15,16). The number of ether oxygens (including phenoxy) is 1. The number of anilines is 1. The second-order valence-electron chi connectivity index (χ2n) is 3.40. The Morgan fingerprint density at radius 2 is 2.18 bits per heavy atom. The quantitative estimate of drug-likeness (QED) is 0.627. The van der Waals surface area contributed by atoms with Crippen LogP contribution in [0.25, 0.3) is 0 Å². The van der Waals surface area contributed by atoms with Crippen molar-refractivity contribution >= 4 is 5.82 Å². The molecule has 0 amide bonds. The number of rotatable bonds is 3. The second kappa shape index (κ2) is 4.75. The Kier molecular flexibility index (Phi) is 3.15. The van der Waals surface area contributed by atoms with Crippen molar-refractivity contribution in [2.75, 3.05) is 5.43 Å². The van der Waals surface area contributed by atoms with E-state index in [9.17, 15) is 4.39 Å². The molecule has 1 aromatic heterocycles. The van der Waals surface area contributed by atoms with Gasteiger partial charge in [-0.25, -0.2) is 10.2 Å². The van der Waals surface area contributed by atoms with E-state index >= 15 is 0 Å². The van der Waals surface area contributed by atoms with E-state index < -0.39 is 0 Å². The van der Waals surface area contributed by atoms with E-state index in [-0.39, 0.29) is 11.7 Å². The number of aromatic nitrogens is 2. The van der Waals surface area contributed by atoms with Gasteiger partial charge < -0.3 is 10.2 Å². The topological polar surface area (TPSA) is 73.1 Å². The number of benzene rings is 1. The van der Waals surface area contributed by atoms with Crippen molar-refractivity contribution in [3.05, 3.63) is 42.0 Å². The fraction of sp³-hybridized carbons (Fsp3) is 0.0909. The van der Waals surface area contributed by atoms with E-state index in [1.54, 1.807) is 19.1 Å². The Labute approximate surface area is 97.4 Å². The van der Waals surface area contributed by atoms with Gasteiger partial charge in [0.15, 0.2) is 5.82 Å². The van der Waals surface area contributed by atoms with Gasteiger partial charge in [0.1, 0.15) is 11.6 Å². The van der Waals surface area contributed by atoms with Crippen LogP contribution in [-0.4, -0.2) is 9.97 Å². The normalized spacial score (nSPS) is 10.1. The molecule has 0 radical (unpaired) electrons.